The minimum absolute atomic E-state index is 0.0786. The molecule has 1 atom stereocenters. The molecule has 2 aromatic carbocycles. The van der Waals surface area contributed by atoms with Crippen LogP contribution < -0.4 is 10.6 Å². The Kier molecular flexibility index (Phi) is 6.89. The van der Waals surface area contributed by atoms with E-state index >= 15 is 0 Å². The SMILES string of the molecule is CC(=O)Nc1ccccc1C(=O)N[C@H](CCS(=O)(=O)c1ccccc1)C(=O)O. The van der Waals surface area contributed by atoms with E-state index in [2.05, 4.69) is 10.6 Å². The number of hydrogen-bond donors (Lipinski definition) is 3. The van der Waals surface area contributed by atoms with Gasteiger partial charge in [0.25, 0.3) is 5.91 Å². The van der Waals surface area contributed by atoms with Gasteiger partial charge in [0, 0.05) is 6.92 Å². The van der Waals surface area contributed by atoms with Crippen molar-refractivity contribution in [3.8, 4) is 0 Å². The molecule has 28 heavy (non-hydrogen) atoms. The fourth-order valence-electron chi connectivity index (χ4n) is 2.49. The monoisotopic (exact) mass is 404 g/mol. The number of rotatable bonds is 8. The number of carboxylic acids is 1. The second-order valence-electron chi connectivity index (χ2n) is 6.01. The third-order valence-corrected chi connectivity index (χ3v) is 5.63. The minimum atomic E-state index is -3.68. The van der Waals surface area contributed by atoms with Gasteiger partial charge < -0.3 is 15.7 Å². The Labute approximate surface area is 162 Å². The molecule has 0 saturated carbocycles. The fraction of sp³-hybridized carbons (Fsp3) is 0.211. The molecule has 148 valence electrons. The van der Waals surface area contributed by atoms with E-state index < -0.39 is 33.5 Å². The average molecular weight is 404 g/mol. The number of amides is 2. The summed E-state index contributed by atoms with van der Waals surface area (Å²) in [7, 11) is -3.68. The number of benzene rings is 2. The molecule has 0 spiro atoms. The molecule has 0 aliphatic rings. The van der Waals surface area contributed by atoms with Gasteiger partial charge in [-0.2, -0.15) is 0 Å². The molecule has 9 heteroatoms. The Morgan fingerprint density at radius 1 is 1.00 bits per heavy atom. The summed E-state index contributed by atoms with van der Waals surface area (Å²) in [6, 6.07) is 12.4. The van der Waals surface area contributed by atoms with Gasteiger partial charge in [0.15, 0.2) is 9.84 Å². The van der Waals surface area contributed by atoms with Crippen LogP contribution in [0.1, 0.15) is 23.7 Å². The van der Waals surface area contributed by atoms with Crippen LogP contribution in [0.4, 0.5) is 5.69 Å². The first-order valence-electron chi connectivity index (χ1n) is 8.39. The zero-order chi connectivity index (χ0) is 20.7. The molecule has 0 aromatic heterocycles. The Morgan fingerprint density at radius 3 is 2.21 bits per heavy atom. The molecule has 0 bridgehead atoms. The zero-order valence-electron chi connectivity index (χ0n) is 15.1. The van der Waals surface area contributed by atoms with Crippen molar-refractivity contribution in [3.63, 3.8) is 0 Å². The summed E-state index contributed by atoms with van der Waals surface area (Å²) in [6.07, 6.45) is -0.305. The van der Waals surface area contributed by atoms with Crippen molar-refractivity contribution in [1.29, 1.82) is 0 Å². The molecule has 0 saturated heterocycles. The number of hydrogen-bond acceptors (Lipinski definition) is 5. The van der Waals surface area contributed by atoms with Crippen molar-refractivity contribution < 1.29 is 27.9 Å². The molecule has 0 unspecified atom stereocenters. The molecule has 2 amide bonds. The van der Waals surface area contributed by atoms with Gasteiger partial charge in [-0.15, -0.1) is 0 Å². The third-order valence-electron chi connectivity index (χ3n) is 3.86. The smallest absolute Gasteiger partial charge is 0.326 e. The van der Waals surface area contributed by atoms with E-state index in [1.165, 1.54) is 31.2 Å². The Hall–Kier alpha value is -3.20. The lowest BCUT2D eigenvalue weighted by Gasteiger charge is -2.16. The van der Waals surface area contributed by atoms with Gasteiger partial charge in [0.2, 0.25) is 5.91 Å². The van der Waals surface area contributed by atoms with Crippen LogP contribution in [0.3, 0.4) is 0 Å². The van der Waals surface area contributed by atoms with E-state index in [0.29, 0.717) is 0 Å². The predicted molar refractivity (Wildman–Crippen MR) is 103 cm³/mol. The quantitative estimate of drug-likeness (QED) is 0.614. The van der Waals surface area contributed by atoms with E-state index in [0.717, 1.165) is 0 Å². The molecule has 2 aromatic rings. The molecule has 8 nitrogen and oxygen atoms in total. The summed E-state index contributed by atoms with van der Waals surface area (Å²) in [4.78, 5) is 35.3. The van der Waals surface area contributed by atoms with Crippen LogP contribution in [-0.2, 0) is 19.4 Å². The summed E-state index contributed by atoms with van der Waals surface area (Å²) in [5, 5.41) is 14.2. The van der Waals surface area contributed by atoms with E-state index in [4.69, 9.17) is 0 Å². The first-order chi connectivity index (χ1) is 13.2. The number of carbonyl (C=O) groups is 3. The molecule has 2 rings (SSSR count). The fourth-order valence-corrected chi connectivity index (χ4v) is 3.85. The maximum atomic E-state index is 12.5. The summed E-state index contributed by atoms with van der Waals surface area (Å²) >= 11 is 0. The largest absolute Gasteiger partial charge is 0.480 e. The van der Waals surface area contributed by atoms with Crippen molar-refractivity contribution in [3.05, 3.63) is 60.2 Å². The van der Waals surface area contributed by atoms with E-state index in [1.54, 1.807) is 30.3 Å². The Morgan fingerprint density at radius 2 is 1.61 bits per heavy atom. The number of para-hydroxylation sites is 1. The number of carboxylic acid groups (broad SMARTS) is 1. The molecule has 0 heterocycles. The highest BCUT2D eigenvalue weighted by atomic mass is 32.2. The highest BCUT2D eigenvalue weighted by molar-refractivity contribution is 7.91. The van der Waals surface area contributed by atoms with Crippen molar-refractivity contribution in [2.45, 2.75) is 24.3 Å². The van der Waals surface area contributed by atoms with Gasteiger partial charge in [-0.1, -0.05) is 30.3 Å². The summed E-state index contributed by atoms with van der Waals surface area (Å²) in [6.45, 7) is 1.28. The number of aliphatic carboxylic acids is 1. The van der Waals surface area contributed by atoms with Crippen LogP contribution in [0.15, 0.2) is 59.5 Å². The Bertz CT molecular complexity index is 973. The van der Waals surface area contributed by atoms with Crippen LogP contribution in [0, 0.1) is 0 Å². The Balaban J connectivity index is 2.12. The van der Waals surface area contributed by atoms with Crippen molar-refractivity contribution in [2.75, 3.05) is 11.1 Å². The molecular weight excluding hydrogens is 384 g/mol. The summed E-state index contributed by atoms with van der Waals surface area (Å²) in [5.41, 5.74) is 0.309. The number of sulfone groups is 1. The van der Waals surface area contributed by atoms with Crippen molar-refractivity contribution in [1.82, 2.24) is 5.32 Å². The first-order valence-corrected chi connectivity index (χ1v) is 10.0. The maximum Gasteiger partial charge on any atom is 0.326 e. The number of anilines is 1. The van der Waals surface area contributed by atoms with Gasteiger partial charge in [0.1, 0.15) is 6.04 Å². The number of carbonyl (C=O) groups excluding carboxylic acids is 2. The lowest BCUT2D eigenvalue weighted by molar-refractivity contribution is -0.139. The van der Waals surface area contributed by atoms with Crippen LogP contribution in [0.25, 0.3) is 0 Å². The van der Waals surface area contributed by atoms with Gasteiger partial charge in [-0.05, 0) is 30.7 Å². The first kappa shape index (κ1) is 21.1. The van der Waals surface area contributed by atoms with E-state index in [1.807, 2.05) is 0 Å². The summed E-state index contributed by atoms with van der Waals surface area (Å²) < 4.78 is 24.7. The lowest BCUT2D eigenvalue weighted by atomic mass is 10.1. The van der Waals surface area contributed by atoms with E-state index in [9.17, 15) is 27.9 Å². The molecular formula is C19H20N2O6S. The zero-order valence-corrected chi connectivity index (χ0v) is 15.9. The molecule has 3 N–H and O–H groups in total. The van der Waals surface area contributed by atoms with Gasteiger partial charge in [-0.25, -0.2) is 13.2 Å². The van der Waals surface area contributed by atoms with Crippen LogP contribution >= 0.6 is 0 Å². The topological polar surface area (TPSA) is 130 Å². The standard InChI is InChI=1S/C19H20N2O6S/c1-13(22)20-16-10-6-5-9-15(16)18(23)21-17(19(24)25)11-12-28(26,27)14-7-3-2-4-8-14/h2-10,17H,11-12H2,1H3,(H,20,22)(H,21,23)(H,24,25)/t17-/m1/s1. The van der Waals surface area contributed by atoms with Crippen molar-refractivity contribution >= 4 is 33.3 Å². The lowest BCUT2D eigenvalue weighted by Crippen LogP contribution is -2.42. The highest BCUT2D eigenvalue weighted by Gasteiger charge is 2.25. The third kappa shape index (κ3) is 5.65. The molecule has 0 fully saturated rings. The average Bonchev–Trinajstić information content (AvgIpc) is 2.65. The minimum Gasteiger partial charge on any atom is -0.480 e. The normalized spacial score (nSPS) is 12.0. The highest BCUT2D eigenvalue weighted by Crippen LogP contribution is 2.16. The van der Waals surface area contributed by atoms with Crippen LogP contribution in [0.2, 0.25) is 0 Å². The second kappa shape index (κ2) is 9.14. The van der Waals surface area contributed by atoms with Gasteiger partial charge >= 0.3 is 5.97 Å². The second-order valence-corrected chi connectivity index (χ2v) is 8.12. The van der Waals surface area contributed by atoms with Crippen LogP contribution in [-0.4, -0.2) is 43.1 Å². The molecule has 0 radical (unpaired) electrons. The van der Waals surface area contributed by atoms with E-state index in [-0.39, 0.29) is 28.5 Å². The summed E-state index contributed by atoms with van der Waals surface area (Å²) in [5.74, 6) is -2.91. The number of nitrogens with one attached hydrogen (secondary N) is 2. The molecule has 0 aliphatic carbocycles. The maximum absolute atomic E-state index is 12.5. The molecule has 0 aliphatic heterocycles. The van der Waals surface area contributed by atoms with Crippen molar-refractivity contribution in [2.24, 2.45) is 0 Å². The van der Waals surface area contributed by atoms with Crippen LogP contribution in [0.5, 0.6) is 0 Å². The van der Waals surface area contributed by atoms with Gasteiger partial charge in [-0.3, -0.25) is 9.59 Å². The van der Waals surface area contributed by atoms with Gasteiger partial charge in [0.05, 0.1) is 21.9 Å². The predicted octanol–water partition coefficient (Wildman–Crippen LogP) is 1.69.